The number of nitrogens with zero attached hydrogens (tertiary/aromatic N) is 5. The minimum atomic E-state index is -0.410. The van der Waals surface area contributed by atoms with E-state index in [1.54, 1.807) is 0 Å². The molecule has 1 aromatic heterocycles. The summed E-state index contributed by atoms with van der Waals surface area (Å²) in [5.74, 6) is 0.844. The Hall–Kier alpha value is -1.96. The van der Waals surface area contributed by atoms with E-state index in [1.807, 2.05) is 11.8 Å². The second-order valence-electron chi connectivity index (χ2n) is 5.35. The molecule has 21 heavy (non-hydrogen) atoms. The van der Waals surface area contributed by atoms with Crippen LogP contribution in [0, 0.1) is 10.1 Å². The lowest BCUT2D eigenvalue weighted by Gasteiger charge is -2.28. The quantitative estimate of drug-likeness (QED) is 0.662. The molecule has 1 unspecified atom stereocenters. The van der Waals surface area contributed by atoms with Gasteiger partial charge in [-0.2, -0.15) is 4.98 Å². The van der Waals surface area contributed by atoms with Gasteiger partial charge in [-0.1, -0.05) is 0 Å². The van der Waals surface area contributed by atoms with Crippen LogP contribution in [-0.4, -0.2) is 59.1 Å². The van der Waals surface area contributed by atoms with E-state index >= 15 is 0 Å². The number of hydrogen-bond acceptors (Lipinski definition) is 7. The van der Waals surface area contributed by atoms with E-state index in [0.717, 1.165) is 26.1 Å². The lowest BCUT2D eigenvalue weighted by atomic mass is 10.2. The Morgan fingerprint density at radius 1 is 1.52 bits per heavy atom. The Morgan fingerprint density at radius 2 is 2.29 bits per heavy atom. The van der Waals surface area contributed by atoms with Crippen molar-refractivity contribution in [2.45, 2.75) is 26.3 Å². The molecule has 1 atom stereocenters. The minimum Gasteiger partial charge on any atom is -0.354 e. The van der Waals surface area contributed by atoms with E-state index in [4.69, 9.17) is 0 Å². The number of aromatic nitrogens is 2. The molecule has 0 amide bonds. The number of likely N-dealkylation sites (N-methyl/N-ethyl adjacent to an activating group) is 1. The van der Waals surface area contributed by atoms with Gasteiger partial charge >= 0.3 is 5.69 Å². The summed E-state index contributed by atoms with van der Waals surface area (Å²) in [6.07, 6.45) is 2.25. The molecular weight excluding hydrogens is 272 g/mol. The molecule has 0 saturated carbocycles. The maximum Gasteiger partial charge on any atom is 0.329 e. The molecule has 0 bridgehead atoms. The molecule has 1 aliphatic heterocycles. The lowest BCUT2D eigenvalue weighted by molar-refractivity contribution is -0.384. The average Bonchev–Trinajstić information content (AvgIpc) is 2.59. The van der Waals surface area contributed by atoms with Crippen molar-refractivity contribution in [3.05, 3.63) is 16.3 Å². The summed E-state index contributed by atoms with van der Waals surface area (Å²) < 4.78 is 0. The Labute approximate surface area is 124 Å². The molecule has 2 rings (SSSR count). The summed E-state index contributed by atoms with van der Waals surface area (Å²) >= 11 is 0. The Kier molecular flexibility index (Phi) is 4.89. The normalized spacial score (nSPS) is 20.1. The molecule has 8 nitrogen and oxygen atoms in total. The minimum absolute atomic E-state index is 0.0342. The summed E-state index contributed by atoms with van der Waals surface area (Å²) in [7, 11) is 2.07. The van der Waals surface area contributed by atoms with Crippen LogP contribution in [0.5, 0.6) is 0 Å². The first-order chi connectivity index (χ1) is 10.0. The first-order valence-electron chi connectivity index (χ1n) is 7.23. The van der Waals surface area contributed by atoms with Crippen molar-refractivity contribution in [3.63, 3.8) is 0 Å². The number of anilines is 2. The summed E-state index contributed by atoms with van der Waals surface area (Å²) in [5, 5.41) is 14.3. The third-order valence-electron chi connectivity index (χ3n) is 3.60. The van der Waals surface area contributed by atoms with Crippen molar-refractivity contribution >= 4 is 17.5 Å². The largest absolute Gasteiger partial charge is 0.354 e. The van der Waals surface area contributed by atoms with Crippen LogP contribution in [-0.2, 0) is 0 Å². The highest BCUT2D eigenvalue weighted by molar-refractivity contribution is 5.59. The van der Waals surface area contributed by atoms with Crippen LogP contribution < -0.4 is 10.2 Å². The maximum absolute atomic E-state index is 11.3. The highest BCUT2D eigenvalue weighted by Gasteiger charge is 2.28. The average molecular weight is 294 g/mol. The van der Waals surface area contributed by atoms with E-state index in [9.17, 15) is 10.1 Å². The maximum atomic E-state index is 11.3. The number of rotatable bonds is 4. The molecule has 1 fully saturated rings. The standard InChI is InChI=1S/C13H22N6O2/c1-4-14-13-15-8-11(19(20)21)12(16-13)18-7-5-6-17(3)9-10(18)2/h8,10H,4-7,9H2,1-3H3,(H,14,15,16). The second kappa shape index (κ2) is 6.66. The highest BCUT2D eigenvalue weighted by atomic mass is 16.6. The van der Waals surface area contributed by atoms with Crippen LogP contribution in [0.15, 0.2) is 6.20 Å². The van der Waals surface area contributed by atoms with Gasteiger partial charge in [-0.05, 0) is 33.9 Å². The van der Waals surface area contributed by atoms with E-state index in [1.165, 1.54) is 6.20 Å². The Bertz CT molecular complexity index is 509. The zero-order chi connectivity index (χ0) is 15.4. The van der Waals surface area contributed by atoms with Gasteiger partial charge in [0.1, 0.15) is 6.20 Å². The van der Waals surface area contributed by atoms with E-state index in [0.29, 0.717) is 18.3 Å². The fourth-order valence-electron chi connectivity index (χ4n) is 2.64. The Balaban J connectivity index is 2.38. The summed E-state index contributed by atoms with van der Waals surface area (Å²) in [6, 6.07) is 0.167. The fraction of sp³-hybridized carbons (Fsp3) is 0.692. The zero-order valence-corrected chi connectivity index (χ0v) is 12.7. The van der Waals surface area contributed by atoms with Gasteiger partial charge in [0, 0.05) is 25.7 Å². The highest BCUT2D eigenvalue weighted by Crippen LogP contribution is 2.28. The van der Waals surface area contributed by atoms with Crippen molar-refractivity contribution in [1.29, 1.82) is 0 Å². The van der Waals surface area contributed by atoms with Gasteiger partial charge in [-0.15, -0.1) is 0 Å². The predicted molar refractivity (Wildman–Crippen MR) is 81.8 cm³/mol. The van der Waals surface area contributed by atoms with Gasteiger partial charge in [0.25, 0.3) is 0 Å². The van der Waals surface area contributed by atoms with Crippen molar-refractivity contribution in [1.82, 2.24) is 14.9 Å². The third-order valence-corrected chi connectivity index (χ3v) is 3.60. The molecular formula is C13H22N6O2. The van der Waals surface area contributed by atoms with Gasteiger partial charge in [-0.3, -0.25) is 10.1 Å². The van der Waals surface area contributed by atoms with Crippen LogP contribution in [0.1, 0.15) is 20.3 Å². The summed E-state index contributed by atoms with van der Waals surface area (Å²) in [4.78, 5) is 23.5. The molecule has 1 aliphatic rings. The molecule has 8 heteroatoms. The predicted octanol–water partition coefficient (Wildman–Crippen LogP) is 1.35. The van der Waals surface area contributed by atoms with Crippen molar-refractivity contribution in [2.75, 3.05) is 43.4 Å². The van der Waals surface area contributed by atoms with Gasteiger partial charge in [-0.25, -0.2) is 4.98 Å². The first-order valence-corrected chi connectivity index (χ1v) is 7.23. The molecule has 1 saturated heterocycles. The summed E-state index contributed by atoms with van der Waals surface area (Å²) in [6.45, 7) is 7.29. The number of nitrogens with one attached hydrogen (secondary N) is 1. The molecule has 0 aliphatic carbocycles. The van der Waals surface area contributed by atoms with Gasteiger partial charge in [0.2, 0.25) is 11.8 Å². The molecule has 1 N–H and O–H groups in total. The topological polar surface area (TPSA) is 87.4 Å². The molecule has 2 heterocycles. The first kappa shape index (κ1) is 15.4. The van der Waals surface area contributed by atoms with Crippen molar-refractivity contribution in [3.8, 4) is 0 Å². The molecule has 116 valence electrons. The third kappa shape index (κ3) is 3.57. The van der Waals surface area contributed by atoms with Crippen molar-refractivity contribution < 1.29 is 4.92 Å². The van der Waals surface area contributed by atoms with E-state index in [-0.39, 0.29) is 11.7 Å². The van der Waals surface area contributed by atoms with Gasteiger partial charge < -0.3 is 15.1 Å². The molecule has 0 spiro atoms. The SMILES string of the molecule is CCNc1ncc([N+](=O)[O-])c(N2CCCN(C)CC2C)n1. The number of hydrogen-bond donors (Lipinski definition) is 1. The zero-order valence-electron chi connectivity index (χ0n) is 12.7. The van der Waals surface area contributed by atoms with Crippen LogP contribution in [0.3, 0.4) is 0 Å². The second-order valence-corrected chi connectivity index (χ2v) is 5.35. The van der Waals surface area contributed by atoms with Crippen LogP contribution >= 0.6 is 0 Å². The fourth-order valence-corrected chi connectivity index (χ4v) is 2.64. The Morgan fingerprint density at radius 3 is 2.95 bits per heavy atom. The monoisotopic (exact) mass is 294 g/mol. The molecule has 0 aromatic carbocycles. The smallest absolute Gasteiger partial charge is 0.329 e. The molecule has 1 aromatic rings. The van der Waals surface area contributed by atoms with E-state index < -0.39 is 4.92 Å². The van der Waals surface area contributed by atoms with E-state index in [2.05, 4.69) is 34.2 Å². The van der Waals surface area contributed by atoms with Crippen LogP contribution in [0.4, 0.5) is 17.5 Å². The van der Waals surface area contributed by atoms with Gasteiger partial charge in [0.15, 0.2) is 0 Å². The van der Waals surface area contributed by atoms with Crippen LogP contribution in [0.25, 0.3) is 0 Å². The van der Waals surface area contributed by atoms with Crippen LogP contribution in [0.2, 0.25) is 0 Å². The van der Waals surface area contributed by atoms with Gasteiger partial charge in [0.05, 0.1) is 4.92 Å². The number of nitro groups is 1. The molecule has 0 radical (unpaired) electrons. The summed E-state index contributed by atoms with van der Waals surface area (Å²) in [5.41, 5.74) is -0.0342. The lowest BCUT2D eigenvalue weighted by Crippen LogP contribution is -2.38. The van der Waals surface area contributed by atoms with Crippen molar-refractivity contribution in [2.24, 2.45) is 0 Å².